The molecule has 0 unspecified atom stereocenters. The average molecular weight is 191 g/mol. The summed E-state index contributed by atoms with van der Waals surface area (Å²) in [7, 11) is 3.11. The van der Waals surface area contributed by atoms with Crippen LogP contribution in [-0.2, 0) is 14.2 Å². The van der Waals surface area contributed by atoms with Crippen molar-refractivity contribution >= 4 is 0 Å². The number of ether oxygens (including phenoxy) is 3. The van der Waals surface area contributed by atoms with Gasteiger partial charge in [-0.05, 0) is 0 Å². The van der Waals surface area contributed by atoms with Gasteiger partial charge >= 0.3 is 0 Å². The first kappa shape index (κ1) is 10.9. The van der Waals surface area contributed by atoms with Crippen molar-refractivity contribution in [1.82, 2.24) is 0 Å². The molecule has 0 amide bonds. The van der Waals surface area contributed by atoms with E-state index in [2.05, 4.69) is 0 Å². The third-order valence-electron chi connectivity index (χ3n) is 2.31. The maximum Gasteiger partial charge on any atom is 0.160 e. The zero-order valence-corrected chi connectivity index (χ0v) is 7.97. The minimum atomic E-state index is -0.665. The fourth-order valence-corrected chi connectivity index (χ4v) is 1.48. The monoisotopic (exact) mass is 191 g/mol. The first-order chi connectivity index (χ1) is 6.22. The van der Waals surface area contributed by atoms with Crippen molar-refractivity contribution in [3.8, 4) is 0 Å². The molecule has 78 valence electrons. The van der Waals surface area contributed by atoms with Gasteiger partial charge in [0.25, 0.3) is 0 Å². The quantitative estimate of drug-likeness (QED) is 0.603. The molecule has 0 aromatic rings. The summed E-state index contributed by atoms with van der Waals surface area (Å²) < 4.78 is 15.5. The van der Waals surface area contributed by atoms with Gasteiger partial charge in [0.05, 0.1) is 6.10 Å². The molecule has 0 aliphatic carbocycles. The van der Waals surface area contributed by atoms with Crippen molar-refractivity contribution in [3.05, 3.63) is 0 Å². The average Bonchev–Trinajstić information content (AvgIpc) is 2.18. The molecule has 1 heterocycles. The maximum atomic E-state index is 9.66. The molecule has 1 fully saturated rings. The Labute approximate surface area is 77.8 Å². The van der Waals surface area contributed by atoms with Crippen LogP contribution in [0.4, 0.5) is 0 Å². The van der Waals surface area contributed by atoms with Gasteiger partial charge in [0.1, 0.15) is 12.2 Å². The third-order valence-corrected chi connectivity index (χ3v) is 2.31. The second-order valence-electron chi connectivity index (χ2n) is 3.08. The lowest BCUT2D eigenvalue weighted by atomic mass is 10.0. The fraction of sp³-hybridized carbons (Fsp3) is 1.00. The molecule has 5 heteroatoms. The van der Waals surface area contributed by atoms with Crippen LogP contribution in [0.5, 0.6) is 0 Å². The molecule has 13 heavy (non-hydrogen) atoms. The fourth-order valence-electron chi connectivity index (χ4n) is 1.48. The highest BCUT2D eigenvalue weighted by molar-refractivity contribution is 4.84. The molecule has 3 N–H and O–H groups in total. The van der Waals surface area contributed by atoms with E-state index >= 15 is 0 Å². The van der Waals surface area contributed by atoms with Gasteiger partial charge in [-0.2, -0.15) is 0 Å². The standard InChI is InChI=1S/C8H17NO4/c1-11-5-3-7(12-2)13-6(4-9)8(5)10/h5-8,10H,3-4,9H2,1-2H3/t5-,6+,7-,8-/m0/s1. The molecule has 0 radical (unpaired) electrons. The Kier molecular flexibility index (Phi) is 4.08. The van der Waals surface area contributed by atoms with Gasteiger partial charge < -0.3 is 25.1 Å². The first-order valence-corrected chi connectivity index (χ1v) is 4.32. The number of hydrogen-bond acceptors (Lipinski definition) is 5. The molecule has 0 aromatic carbocycles. The molecular formula is C8H17NO4. The predicted octanol–water partition coefficient (Wildman–Crippen LogP) is -0.918. The lowest BCUT2D eigenvalue weighted by Gasteiger charge is -2.37. The lowest BCUT2D eigenvalue weighted by molar-refractivity contribution is -0.243. The van der Waals surface area contributed by atoms with E-state index < -0.39 is 12.2 Å². The molecule has 0 bridgehead atoms. The molecular weight excluding hydrogens is 174 g/mol. The van der Waals surface area contributed by atoms with Crippen molar-refractivity contribution in [1.29, 1.82) is 0 Å². The number of aliphatic hydroxyl groups excluding tert-OH is 1. The van der Waals surface area contributed by atoms with Crippen LogP contribution in [-0.4, -0.2) is 50.5 Å². The van der Waals surface area contributed by atoms with Crippen LogP contribution in [0.15, 0.2) is 0 Å². The number of methoxy groups -OCH3 is 2. The van der Waals surface area contributed by atoms with Crippen LogP contribution in [0.25, 0.3) is 0 Å². The topological polar surface area (TPSA) is 73.9 Å². The van der Waals surface area contributed by atoms with Crippen LogP contribution >= 0.6 is 0 Å². The van der Waals surface area contributed by atoms with Crippen molar-refractivity contribution < 1.29 is 19.3 Å². The lowest BCUT2D eigenvalue weighted by Crippen LogP contribution is -2.52. The molecule has 0 aromatic heterocycles. The molecule has 0 saturated carbocycles. The number of hydrogen-bond donors (Lipinski definition) is 2. The minimum absolute atomic E-state index is 0.257. The SMILES string of the molecule is CO[C@@H]1C[C@H](OC)[C@H](O)[C@@H](CN)O1. The molecule has 0 spiro atoms. The van der Waals surface area contributed by atoms with Gasteiger partial charge in [-0.25, -0.2) is 0 Å². The van der Waals surface area contributed by atoms with E-state index in [9.17, 15) is 5.11 Å². The summed E-state index contributed by atoms with van der Waals surface area (Å²) in [6.45, 7) is 0.265. The van der Waals surface area contributed by atoms with Crippen LogP contribution in [0.1, 0.15) is 6.42 Å². The highest BCUT2D eigenvalue weighted by Crippen LogP contribution is 2.22. The van der Waals surface area contributed by atoms with Gasteiger partial charge in [-0.1, -0.05) is 0 Å². The van der Waals surface area contributed by atoms with Crippen LogP contribution in [0, 0.1) is 0 Å². The molecule has 5 nitrogen and oxygen atoms in total. The Balaban J connectivity index is 2.56. The zero-order valence-electron chi connectivity index (χ0n) is 7.97. The Hall–Kier alpha value is -0.200. The summed E-state index contributed by atoms with van der Waals surface area (Å²) in [5.74, 6) is 0. The second-order valence-corrected chi connectivity index (χ2v) is 3.08. The molecule has 1 saturated heterocycles. The second kappa shape index (κ2) is 4.88. The summed E-state index contributed by atoms with van der Waals surface area (Å²) >= 11 is 0. The first-order valence-electron chi connectivity index (χ1n) is 4.32. The highest BCUT2D eigenvalue weighted by Gasteiger charge is 2.37. The zero-order chi connectivity index (χ0) is 9.84. The largest absolute Gasteiger partial charge is 0.388 e. The smallest absolute Gasteiger partial charge is 0.160 e. The predicted molar refractivity (Wildman–Crippen MR) is 46.1 cm³/mol. The number of rotatable bonds is 3. The molecule has 1 aliphatic heterocycles. The van der Waals surface area contributed by atoms with Crippen molar-refractivity contribution in [2.45, 2.75) is 31.0 Å². The van der Waals surface area contributed by atoms with E-state index in [1.54, 1.807) is 14.2 Å². The molecule has 1 rings (SSSR count). The van der Waals surface area contributed by atoms with E-state index in [1.165, 1.54) is 0 Å². The van der Waals surface area contributed by atoms with E-state index in [0.29, 0.717) is 6.42 Å². The molecule has 4 atom stereocenters. The van der Waals surface area contributed by atoms with Gasteiger partial charge in [-0.3, -0.25) is 0 Å². The van der Waals surface area contributed by atoms with Crippen LogP contribution in [0.2, 0.25) is 0 Å². The number of nitrogens with two attached hydrogens (primary N) is 1. The summed E-state index contributed by atoms with van der Waals surface area (Å²) in [6.07, 6.45) is -1.12. The summed E-state index contributed by atoms with van der Waals surface area (Å²) in [5.41, 5.74) is 5.43. The molecule has 1 aliphatic rings. The van der Waals surface area contributed by atoms with Crippen molar-refractivity contribution in [3.63, 3.8) is 0 Å². The van der Waals surface area contributed by atoms with Crippen molar-refractivity contribution in [2.75, 3.05) is 20.8 Å². The Bertz CT molecular complexity index is 141. The third kappa shape index (κ3) is 2.38. The van der Waals surface area contributed by atoms with E-state index in [4.69, 9.17) is 19.9 Å². The Morgan fingerprint density at radius 2 is 2.15 bits per heavy atom. The maximum absolute atomic E-state index is 9.66. The summed E-state index contributed by atoms with van der Waals surface area (Å²) in [4.78, 5) is 0. The van der Waals surface area contributed by atoms with Gasteiger partial charge in [0.15, 0.2) is 6.29 Å². The van der Waals surface area contributed by atoms with Gasteiger partial charge in [-0.15, -0.1) is 0 Å². The van der Waals surface area contributed by atoms with Gasteiger partial charge in [0, 0.05) is 27.2 Å². The van der Waals surface area contributed by atoms with Gasteiger partial charge in [0.2, 0.25) is 0 Å². The van der Waals surface area contributed by atoms with Crippen LogP contribution < -0.4 is 5.73 Å². The minimum Gasteiger partial charge on any atom is -0.388 e. The van der Waals surface area contributed by atoms with E-state index in [1.807, 2.05) is 0 Å². The van der Waals surface area contributed by atoms with E-state index in [-0.39, 0.29) is 18.9 Å². The highest BCUT2D eigenvalue weighted by atomic mass is 16.7. The Morgan fingerprint density at radius 1 is 1.46 bits per heavy atom. The summed E-state index contributed by atoms with van der Waals surface area (Å²) in [5, 5.41) is 9.66. The van der Waals surface area contributed by atoms with E-state index in [0.717, 1.165) is 0 Å². The van der Waals surface area contributed by atoms with Crippen molar-refractivity contribution in [2.24, 2.45) is 5.73 Å². The number of aliphatic hydroxyl groups is 1. The summed E-state index contributed by atoms with van der Waals surface area (Å²) in [6, 6.07) is 0. The normalized spacial score (nSPS) is 40.6. The Morgan fingerprint density at radius 3 is 2.62 bits per heavy atom. The van der Waals surface area contributed by atoms with Crippen LogP contribution in [0.3, 0.4) is 0 Å².